The lowest BCUT2D eigenvalue weighted by atomic mass is 10.3. The van der Waals surface area contributed by atoms with Crippen LogP contribution in [-0.4, -0.2) is 20.2 Å². The summed E-state index contributed by atoms with van der Waals surface area (Å²) in [6.07, 6.45) is 0.185. The second-order valence-corrected chi connectivity index (χ2v) is 5.97. The van der Waals surface area contributed by atoms with Gasteiger partial charge in [-0.05, 0) is 34.1 Å². The Labute approximate surface area is 113 Å². The SMILES string of the molecule is NS(=O)(=O)c1ccc(NC(=O)CCCl)c(Br)c1. The van der Waals surface area contributed by atoms with E-state index in [-0.39, 0.29) is 23.1 Å². The molecule has 0 radical (unpaired) electrons. The molecule has 1 rings (SSSR count). The van der Waals surface area contributed by atoms with Crippen molar-refractivity contribution in [2.45, 2.75) is 11.3 Å². The highest BCUT2D eigenvalue weighted by Crippen LogP contribution is 2.25. The van der Waals surface area contributed by atoms with Crippen molar-refractivity contribution >= 4 is 49.1 Å². The minimum atomic E-state index is -3.74. The summed E-state index contributed by atoms with van der Waals surface area (Å²) in [4.78, 5) is 11.3. The first-order chi connectivity index (χ1) is 7.84. The van der Waals surface area contributed by atoms with Crippen molar-refractivity contribution in [3.8, 4) is 0 Å². The van der Waals surface area contributed by atoms with Crippen LogP contribution >= 0.6 is 27.5 Å². The monoisotopic (exact) mass is 340 g/mol. The molecule has 0 spiro atoms. The van der Waals surface area contributed by atoms with Gasteiger partial charge in [-0.1, -0.05) is 0 Å². The van der Waals surface area contributed by atoms with Crippen LogP contribution in [0, 0.1) is 0 Å². The van der Waals surface area contributed by atoms with Crippen molar-refractivity contribution in [2.24, 2.45) is 5.14 Å². The first-order valence-electron chi connectivity index (χ1n) is 4.53. The Morgan fingerprint density at radius 3 is 2.59 bits per heavy atom. The van der Waals surface area contributed by atoms with Crippen LogP contribution in [-0.2, 0) is 14.8 Å². The first-order valence-corrected chi connectivity index (χ1v) is 7.40. The largest absolute Gasteiger partial charge is 0.325 e. The molecule has 0 heterocycles. The number of amides is 1. The summed E-state index contributed by atoms with van der Waals surface area (Å²) in [6.45, 7) is 0. The van der Waals surface area contributed by atoms with Gasteiger partial charge in [0.25, 0.3) is 0 Å². The molecule has 0 saturated heterocycles. The number of alkyl halides is 1. The van der Waals surface area contributed by atoms with Gasteiger partial charge >= 0.3 is 0 Å². The van der Waals surface area contributed by atoms with Crippen LogP contribution in [0.5, 0.6) is 0 Å². The average Bonchev–Trinajstić information content (AvgIpc) is 2.20. The van der Waals surface area contributed by atoms with Crippen molar-refractivity contribution in [3.63, 3.8) is 0 Å². The Hall–Kier alpha value is -0.630. The van der Waals surface area contributed by atoms with Crippen molar-refractivity contribution in [1.82, 2.24) is 0 Å². The molecule has 0 aromatic heterocycles. The van der Waals surface area contributed by atoms with Crippen LogP contribution in [0.2, 0.25) is 0 Å². The number of benzene rings is 1. The van der Waals surface area contributed by atoms with Crippen molar-refractivity contribution in [3.05, 3.63) is 22.7 Å². The van der Waals surface area contributed by atoms with Crippen LogP contribution in [0.3, 0.4) is 0 Å². The topological polar surface area (TPSA) is 89.3 Å². The van der Waals surface area contributed by atoms with Gasteiger partial charge in [-0.3, -0.25) is 4.79 Å². The Kier molecular flexibility index (Phi) is 4.93. The van der Waals surface area contributed by atoms with Gasteiger partial charge in [-0.25, -0.2) is 13.6 Å². The lowest BCUT2D eigenvalue weighted by Crippen LogP contribution is -2.14. The van der Waals surface area contributed by atoms with Gasteiger partial charge in [0.2, 0.25) is 15.9 Å². The number of rotatable bonds is 4. The summed E-state index contributed by atoms with van der Waals surface area (Å²) >= 11 is 8.57. The molecule has 0 aliphatic heterocycles. The first kappa shape index (κ1) is 14.4. The van der Waals surface area contributed by atoms with E-state index in [2.05, 4.69) is 21.2 Å². The molecule has 8 heteroatoms. The molecule has 0 aliphatic rings. The molecular formula is C9H10BrClN2O3S. The number of hydrogen-bond acceptors (Lipinski definition) is 3. The molecule has 0 bridgehead atoms. The predicted molar refractivity (Wildman–Crippen MR) is 69.5 cm³/mol. The summed E-state index contributed by atoms with van der Waals surface area (Å²) in [6, 6.07) is 4.10. The highest BCUT2D eigenvalue weighted by molar-refractivity contribution is 9.10. The van der Waals surface area contributed by atoms with Gasteiger partial charge in [0.05, 0.1) is 10.6 Å². The summed E-state index contributed by atoms with van der Waals surface area (Å²) in [5.74, 6) is -0.0253. The molecule has 1 aromatic rings. The average molecular weight is 342 g/mol. The fourth-order valence-corrected chi connectivity index (χ4v) is 2.41. The lowest BCUT2D eigenvalue weighted by Gasteiger charge is -2.07. The van der Waals surface area contributed by atoms with Crippen LogP contribution in [0.25, 0.3) is 0 Å². The lowest BCUT2D eigenvalue weighted by molar-refractivity contribution is -0.115. The normalized spacial score (nSPS) is 11.2. The Morgan fingerprint density at radius 2 is 2.12 bits per heavy atom. The van der Waals surface area contributed by atoms with E-state index in [0.29, 0.717) is 10.2 Å². The van der Waals surface area contributed by atoms with Gasteiger partial charge < -0.3 is 5.32 Å². The van der Waals surface area contributed by atoms with Crippen LogP contribution in [0.1, 0.15) is 6.42 Å². The number of primary sulfonamides is 1. The molecule has 1 amide bonds. The van der Waals surface area contributed by atoms with Gasteiger partial charge in [0.1, 0.15) is 0 Å². The van der Waals surface area contributed by atoms with Crippen molar-refractivity contribution in [2.75, 3.05) is 11.2 Å². The maximum absolute atomic E-state index is 11.3. The van der Waals surface area contributed by atoms with Crippen LogP contribution < -0.4 is 10.5 Å². The van der Waals surface area contributed by atoms with E-state index in [1.54, 1.807) is 0 Å². The highest BCUT2D eigenvalue weighted by atomic mass is 79.9. The Morgan fingerprint density at radius 1 is 1.47 bits per heavy atom. The Balaban J connectivity index is 2.95. The molecule has 0 atom stereocenters. The number of nitrogens with two attached hydrogens (primary N) is 1. The molecule has 0 aliphatic carbocycles. The molecule has 0 saturated carbocycles. The van der Waals surface area contributed by atoms with E-state index in [9.17, 15) is 13.2 Å². The Bertz CT molecular complexity index is 533. The van der Waals surface area contributed by atoms with E-state index in [1.165, 1.54) is 18.2 Å². The number of halogens is 2. The third-order valence-electron chi connectivity index (χ3n) is 1.86. The van der Waals surface area contributed by atoms with Crippen molar-refractivity contribution in [1.29, 1.82) is 0 Å². The van der Waals surface area contributed by atoms with Gasteiger partial charge in [-0.2, -0.15) is 0 Å². The molecule has 0 unspecified atom stereocenters. The minimum absolute atomic E-state index is 0.0280. The zero-order valence-electron chi connectivity index (χ0n) is 8.61. The van der Waals surface area contributed by atoms with E-state index < -0.39 is 10.0 Å². The summed E-state index contributed by atoms with van der Waals surface area (Å²) < 4.78 is 22.6. The maximum Gasteiger partial charge on any atom is 0.238 e. The second-order valence-electron chi connectivity index (χ2n) is 3.17. The molecular weight excluding hydrogens is 332 g/mol. The molecule has 17 heavy (non-hydrogen) atoms. The number of carbonyl (C=O) groups excluding carboxylic acids is 1. The fraction of sp³-hybridized carbons (Fsp3) is 0.222. The third kappa shape index (κ3) is 4.27. The van der Waals surface area contributed by atoms with Crippen LogP contribution in [0.4, 0.5) is 5.69 Å². The summed E-state index contributed by atoms with van der Waals surface area (Å²) in [5.41, 5.74) is 0.465. The number of carbonyl (C=O) groups is 1. The summed E-state index contributed by atoms with van der Waals surface area (Å²) in [7, 11) is -3.74. The number of nitrogens with one attached hydrogen (secondary N) is 1. The number of hydrogen-bond donors (Lipinski definition) is 2. The quantitative estimate of drug-likeness (QED) is 0.816. The molecule has 1 aromatic carbocycles. The summed E-state index contributed by atoms with van der Waals surface area (Å²) in [5, 5.41) is 7.56. The minimum Gasteiger partial charge on any atom is -0.325 e. The predicted octanol–water partition coefficient (Wildman–Crippen LogP) is 1.66. The molecule has 3 N–H and O–H groups in total. The zero-order chi connectivity index (χ0) is 13.1. The van der Waals surface area contributed by atoms with Crippen LogP contribution in [0.15, 0.2) is 27.6 Å². The molecule has 5 nitrogen and oxygen atoms in total. The molecule has 94 valence electrons. The zero-order valence-corrected chi connectivity index (χ0v) is 11.8. The van der Waals surface area contributed by atoms with E-state index in [4.69, 9.17) is 16.7 Å². The second kappa shape index (κ2) is 5.81. The van der Waals surface area contributed by atoms with Gasteiger partial charge in [-0.15, -0.1) is 11.6 Å². The third-order valence-corrected chi connectivity index (χ3v) is 3.62. The fourth-order valence-electron chi connectivity index (χ4n) is 1.07. The number of anilines is 1. The number of sulfonamides is 1. The maximum atomic E-state index is 11.3. The van der Waals surface area contributed by atoms with Crippen molar-refractivity contribution < 1.29 is 13.2 Å². The highest BCUT2D eigenvalue weighted by Gasteiger charge is 2.11. The molecule has 0 fully saturated rings. The van der Waals surface area contributed by atoms with Gasteiger partial charge in [0.15, 0.2) is 0 Å². The smallest absolute Gasteiger partial charge is 0.238 e. The standard InChI is InChI=1S/C9H10BrClN2O3S/c10-7-5-6(17(12,15)16)1-2-8(7)13-9(14)3-4-11/h1-2,5H,3-4H2,(H,13,14)(H2,12,15,16). The van der Waals surface area contributed by atoms with Gasteiger partial charge in [0, 0.05) is 16.8 Å². The van der Waals surface area contributed by atoms with E-state index in [0.717, 1.165) is 0 Å². The van der Waals surface area contributed by atoms with E-state index >= 15 is 0 Å². The van der Waals surface area contributed by atoms with E-state index in [1.807, 2.05) is 0 Å².